The van der Waals surface area contributed by atoms with Gasteiger partial charge < -0.3 is 19.9 Å². The predicted octanol–water partition coefficient (Wildman–Crippen LogP) is 3.16. The molecule has 5 rings (SSSR count). The Hall–Kier alpha value is -2.21. The van der Waals surface area contributed by atoms with Crippen LogP contribution in [0, 0.1) is 5.41 Å². The summed E-state index contributed by atoms with van der Waals surface area (Å²) >= 11 is 0. The molecule has 1 aromatic rings. The lowest BCUT2D eigenvalue weighted by molar-refractivity contribution is -0.137. The molecule has 4 aliphatic rings. The molecule has 0 amide bonds. The second-order valence-corrected chi connectivity index (χ2v) is 8.70. The lowest BCUT2D eigenvalue weighted by Crippen LogP contribution is -2.59. The molecule has 6 heteroatoms. The molecule has 6 nitrogen and oxygen atoms in total. The van der Waals surface area contributed by atoms with Gasteiger partial charge in [-0.05, 0) is 62.2 Å². The number of phenolic OH excluding ortho intramolecular Hbond substituents is 1. The maximum atomic E-state index is 12.8. The number of carbonyl (C=O) groups excluding carboxylic acids is 1. The molecule has 3 heterocycles. The van der Waals surface area contributed by atoms with Crippen LogP contribution in [0.25, 0.3) is 0 Å². The highest BCUT2D eigenvalue weighted by Crippen LogP contribution is 2.66. The lowest BCUT2D eigenvalue weighted by Gasteiger charge is -2.56. The van der Waals surface area contributed by atoms with E-state index in [1.165, 1.54) is 13.5 Å². The number of esters is 1. The summed E-state index contributed by atoms with van der Waals surface area (Å²) in [6.07, 6.45) is 5.01. The highest BCUT2D eigenvalue weighted by atomic mass is 16.5. The van der Waals surface area contributed by atoms with Crippen molar-refractivity contribution in [2.24, 2.45) is 5.41 Å². The zero-order valence-electron chi connectivity index (χ0n) is 16.8. The first-order chi connectivity index (χ1) is 13.5. The molecule has 2 N–H and O–H groups in total. The van der Waals surface area contributed by atoms with E-state index in [1.807, 2.05) is 12.1 Å². The minimum absolute atomic E-state index is 0.0562. The molecular weight excluding hydrogens is 356 g/mol. The molecule has 0 aromatic heterocycles. The number of aromatic hydroxyl groups is 1. The van der Waals surface area contributed by atoms with Crippen molar-refractivity contribution in [2.45, 2.75) is 50.5 Å². The SMILES string of the molecule is CC[C@]12CCCN3CC[C@]4(C(=C(C(=O)OC)C1)Nc1cc(OC)c(O)cc14)C32. The van der Waals surface area contributed by atoms with Crippen molar-refractivity contribution < 1.29 is 19.4 Å². The van der Waals surface area contributed by atoms with Gasteiger partial charge in [0.15, 0.2) is 11.5 Å². The summed E-state index contributed by atoms with van der Waals surface area (Å²) in [6.45, 7) is 4.37. The number of anilines is 1. The van der Waals surface area contributed by atoms with Gasteiger partial charge in [-0.25, -0.2) is 4.79 Å². The van der Waals surface area contributed by atoms with Gasteiger partial charge >= 0.3 is 5.97 Å². The largest absolute Gasteiger partial charge is 0.504 e. The minimum Gasteiger partial charge on any atom is -0.504 e. The van der Waals surface area contributed by atoms with Gasteiger partial charge in [0.05, 0.1) is 25.2 Å². The molecule has 0 radical (unpaired) electrons. The van der Waals surface area contributed by atoms with Crippen LogP contribution in [0.1, 0.15) is 44.6 Å². The Labute approximate surface area is 165 Å². The summed E-state index contributed by atoms with van der Waals surface area (Å²) < 4.78 is 10.5. The zero-order chi connectivity index (χ0) is 19.7. The predicted molar refractivity (Wildman–Crippen MR) is 106 cm³/mol. The van der Waals surface area contributed by atoms with E-state index < -0.39 is 0 Å². The molecule has 0 bridgehead atoms. The fraction of sp³-hybridized carbons (Fsp3) is 0.591. The van der Waals surface area contributed by atoms with Crippen LogP contribution in [0.4, 0.5) is 5.69 Å². The summed E-state index contributed by atoms with van der Waals surface area (Å²) in [5, 5.41) is 14.1. The Morgan fingerprint density at radius 3 is 2.86 bits per heavy atom. The average molecular weight is 384 g/mol. The molecule has 1 unspecified atom stereocenters. The number of hydrogen-bond donors (Lipinski definition) is 2. The average Bonchev–Trinajstić information content (AvgIpc) is 3.26. The summed E-state index contributed by atoms with van der Waals surface area (Å²) in [6, 6.07) is 4.05. The van der Waals surface area contributed by atoms with E-state index in [1.54, 1.807) is 7.11 Å². The van der Waals surface area contributed by atoms with E-state index in [0.717, 1.165) is 61.3 Å². The molecule has 1 aliphatic carbocycles. The number of hydrogen-bond acceptors (Lipinski definition) is 6. The maximum absolute atomic E-state index is 12.8. The van der Waals surface area contributed by atoms with Gasteiger partial charge in [-0.15, -0.1) is 0 Å². The van der Waals surface area contributed by atoms with Crippen LogP contribution < -0.4 is 10.1 Å². The van der Waals surface area contributed by atoms with E-state index in [-0.39, 0.29) is 22.5 Å². The van der Waals surface area contributed by atoms with E-state index >= 15 is 0 Å². The summed E-state index contributed by atoms with van der Waals surface area (Å²) in [5.74, 6) is 0.364. The maximum Gasteiger partial charge on any atom is 0.335 e. The Kier molecular flexibility index (Phi) is 3.76. The Morgan fingerprint density at radius 1 is 1.32 bits per heavy atom. The summed E-state index contributed by atoms with van der Waals surface area (Å²) in [7, 11) is 3.02. The topological polar surface area (TPSA) is 71.0 Å². The number of methoxy groups -OCH3 is 2. The minimum atomic E-state index is -0.294. The van der Waals surface area contributed by atoms with E-state index in [2.05, 4.69) is 17.1 Å². The van der Waals surface area contributed by atoms with Crippen LogP contribution in [0.15, 0.2) is 23.4 Å². The highest BCUT2D eigenvalue weighted by molar-refractivity contribution is 5.93. The Bertz CT molecular complexity index is 895. The van der Waals surface area contributed by atoms with Crippen molar-refractivity contribution in [3.05, 3.63) is 29.0 Å². The fourth-order valence-electron chi connectivity index (χ4n) is 6.71. The van der Waals surface area contributed by atoms with Gasteiger partial charge in [0.25, 0.3) is 0 Å². The van der Waals surface area contributed by atoms with Crippen LogP contribution in [0.3, 0.4) is 0 Å². The number of benzene rings is 1. The Balaban J connectivity index is 1.81. The molecule has 0 saturated carbocycles. The molecule has 1 spiro atoms. The number of rotatable bonds is 3. The third kappa shape index (κ3) is 1.99. The number of carbonyl (C=O) groups is 1. The quantitative estimate of drug-likeness (QED) is 0.616. The van der Waals surface area contributed by atoms with Gasteiger partial charge in [0.2, 0.25) is 0 Å². The zero-order valence-corrected chi connectivity index (χ0v) is 16.8. The first kappa shape index (κ1) is 17.9. The standard InChI is InChI=1S/C22H28N2O4/c1-4-21-6-5-8-24-9-7-22(20(21)24)14-10-16(25)17(27-2)11-15(14)23-18(22)13(12-21)19(26)28-3/h10-11,20,23,25H,4-9,12H2,1-3H3/t20?,21-,22-/m0/s1. The first-order valence-electron chi connectivity index (χ1n) is 10.3. The van der Waals surface area contributed by atoms with E-state index in [9.17, 15) is 9.90 Å². The lowest BCUT2D eigenvalue weighted by atomic mass is 9.53. The molecule has 3 atom stereocenters. The number of nitrogens with one attached hydrogen (secondary N) is 1. The second kappa shape index (κ2) is 5.89. The summed E-state index contributed by atoms with van der Waals surface area (Å²) in [5.41, 5.74) is 3.55. The van der Waals surface area contributed by atoms with Crippen LogP contribution in [0.5, 0.6) is 11.5 Å². The highest BCUT2D eigenvalue weighted by Gasteiger charge is 2.66. The van der Waals surface area contributed by atoms with Gasteiger partial charge in [0, 0.05) is 23.5 Å². The molecule has 2 saturated heterocycles. The van der Waals surface area contributed by atoms with Gasteiger partial charge in [-0.1, -0.05) is 6.92 Å². The number of piperidine rings is 1. The fourth-order valence-corrected chi connectivity index (χ4v) is 6.71. The third-order valence-corrected chi connectivity index (χ3v) is 7.80. The van der Waals surface area contributed by atoms with Gasteiger partial charge in [-0.3, -0.25) is 4.90 Å². The molecule has 150 valence electrons. The van der Waals surface area contributed by atoms with E-state index in [0.29, 0.717) is 11.8 Å². The molecular formula is C22H28N2O4. The van der Waals surface area contributed by atoms with Crippen LogP contribution in [-0.2, 0) is 14.9 Å². The third-order valence-electron chi connectivity index (χ3n) is 7.80. The van der Waals surface area contributed by atoms with Crippen molar-refractivity contribution in [1.82, 2.24) is 4.90 Å². The van der Waals surface area contributed by atoms with Gasteiger partial charge in [-0.2, -0.15) is 0 Å². The Morgan fingerprint density at radius 2 is 2.14 bits per heavy atom. The smallest absolute Gasteiger partial charge is 0.335 e. The van der Waals surface area contributed by atoms with Crippen molar-refractivity contribution in [3.63, 3.8) is 0 Å². The number of phenols is 1. The van der Waals surface area contributed by atoms with Crippen molar-refractivity contribution >= 4 is 11.7 Å². The van der Waals surface area contributed by atoms with Crippen LogP contribution >= 0.6 is 0 Å². The second-order valence-electron chi connectivity index (χ2n) is 8.70. The number of ether oxygens (including phenoxy) is 2. The summed E-state index contributed by atoms with van der Waals surface area (Å²) in [4.78, 5) is 15.5. The van der Waals surface area contributed by atoms with Crippen LogP contribution in [0.2, 0.25) is 0 Å². The normalized spacial score (nSPS) is 33.0. The molecule has 2 fully saturated rings. The van der Waals surface area contributed by atoms with Crippen molar-refractivity contribution in [3.8, 4) is 11.5 Å². The molecule has 1 aromatic carbocycles. The van der Waals surface area contributed by atoms with Crippen molar-refractivity contribution in [2.75, 3.05) is 32.6 Å². The molecule has 28 heavy (non-hydrogen) atoms. The van der Waals surface area contributed by atoms with Gasteiger partial charge in [0.1, 0.15) is 0 Å². The van der Waals surface area contributed by atoms with Crippen molar-refractivity contribution in [1.29, 1.82) is 0 Å². The number of fused-ring (bicyclic) bond motifs is 1. The monoisotopic (exact) mass is 384 g/mol. The van der Waals surface area contributed by atoms with E-state index in [4.69, 9.17) is 9.47 Å². The van der Waals surface area contributed by atoms with Crippen LogP contribution in [-0.4, -0.2) is 49.3 Å². The molecule has 3 aliphatic heterocycles. The first-order valence-corrected chi connectivity index (χ1v) is 10.3. The number of nitrogens with zero attached hydrogens (tertiary/aromatic N) is 1.